The van der Waals surface area contributed by atoms with Gasteiger partial charge in [0, 0.05) is 13.2 Å². The summed E-state index contributed by atoms with van der Waals surface area (Å²) in [6.45, 7) is 1.74. The molecule has 0 spiro atoms. The van der Waals surface area contributed by atoms with E-state index in [0.29, 0.717) is 12.4 Å². The number of methoxy groups -OCH3 is 2. The Morgan fingerprint density at radius 3 is 2.52 bits per heavy atom. The molecule has 0 heterocycles. The monoisotopic (exact) mass is 364 g/mol. The van der Waals surface area contributed by atoms with Crippen LogP contribution in [0.2, 0.25) is 5.02 Å². The zero-order chi connectivity index (χ0) is 17.6. The number of halogens is 1. The zero-order valence-electron chi connectivity index (χ0n) is 13.5. The Hall–Kier alpha value is -1.51. The van der Waals surface area contributed by atoms with E-state index in [9.17, 15) is 13.2 Å². The lowest BCUT2D eigenvalue weighted by Crippen LogP contribution is -2.44. The summed E-state index contributed by atoms with van der Waals surface area (Å²) in [5, 5.41) is 2.92. The van der Waals surface area contributed by atoms with Gasteiger partial charge in [-0.3, -0.25) is 9.10 Å². The van der Waals surface area contributed by atoms with Gasteiger partial charge in [0.1, 0.15) is 12.3 Å². The molecule has 1 aromatic rings. The molecule has 0 saturated heterocycles. The molecule has 130 valence electrons. The molecule has 9 heteroatoms. The van der Waals surface area contributed by atoms with Crippen molar-refractivity contribution in [2.75, 3.05) is 37.9 Å². The van der Waals surface area contributed by atoms with Crippen LogP contribution >= 0.6 is 11.6 Å². The maximum Gasteiger partial charge on any atom is 0.241 e. The molecule has 0 bridgehead atoms. The van der Waals surface area contributed by atoms with Gasteiger partial charge in [-0.05, 0) is 25.1 Å². The first-order chi connectivity index (χ1) is 10.7. The van der Waals surface area contributed by atoms with E-state index < -0.39 is 15.9 Å². The number of hydrogen-bond acceptors (Lipinski definition) is 5. The molecule has 1 atom stereocenters. The second-order valence-electron chi connectivity index (χ2n) is 5.01. The largest absolute Gasteiger partial charge is 0.495 e. The number of sulfonamides is 1. The molecular formula is C14H21ClN2O5S. The molecule has 1 N–H and O–H groups in total. The van der Waals surface area contributed by atoms with E-state index in [1.807, 2.05) is 0 Å². The highest BCUT2D eigenvalue weighted by Crippen LogP contribution is 2.30. The normalized spacial score (nSPS) is 12.6. The van der Waals surface area contributed by atoms with Crippen LogP contribution in [0.4, 0.5) is 5.69 Å². The summed E-state index contributed by atoms with van der Waals surface area (Å²) in [6.07, 6.45) is 1.02. The van der Waals surface area contributed by atoms with Crippen LogP contribution in [0, 0.1) is 0 Å². The van der Waals surface area contributed by atoms with Crippen LogP contribution in [-0.2, 0) is 19.6 Å². The molecule has 23 heavy (non-hydrogen) atoms. The SMILES string of the molecule is COC[C@H](C)NC(=O)CN(c1ccc(OC)c(Cl)c1)S(C)(=O)=O. The predicted octanol–water partition coefficient (Wildman–Crippen LogP) is 1.27. The summed E-state index contributed by atoms with van der Waals surface area (Å²) in [4.78, 5) is 12.0. The van der Waals surface area contributed by atoms with Crippen molar-refractivity contribution in [2.45, 2.75) is 13.0 Å². The van der Waals surface area contributed by atoms with Crippen LogP contribution in [-0.4, -0.2) is 54.0 Å². The van der Waals surface area contributed by atoms with Gasteiger partial charge in [-0.25, -0.2) is 8.42 Å². The van der Waals surface area contributed by atoms with Crippen LogP contribution in [0.5, 0.6) is 5.75 Å². The summed E-state index contributed by atoms with van der Waals surface area (Å²) < 4.78 is 34.9. The van der Waals surface area contributed by atoms with E-state index >= 15 is 0 Å². The van der Waals surface area contributed by atoms with Crippen molar-refractivity contribution in [1.82, 2.24) is 5.32 Å². The van der Waals surface area contributed by atoms with Gasteiger partial charge in [-0.15, -0.1) is 0 Å². The standard InChI is InChI=1S/C14H21ClN2O5S/c1-10(9-21-2)16-14(18)8-17(23(4,19)20)11-5-6-13(22-3)12(15)7-11/h5-7,10H,8-9H2,1-4H3,(H,16,18)/t10-/m0/s1. The summed E-state index contributed by atoms with van der Waals surface area (Å²) in [5.41, 5.74) is 0.285. The number of anilines is 1. The molecule has 1 amide bonds. The molecule has 1 rings (SSSR count). The minimum absolute atomic E-state index is 0.228. The third kappa shape index (κ3) is 5.89. The number of benzene rings is 1. The summed E-state index contributed by atoms with van der Waals surface area (Å²) >= 11 is 6.02. The maximum absolute atomic E-state index is 12.0. The molecule has 0 aliphatic rings. The third-order valence-corrected chi connectivity index (χ3v) is 4.37. The van der Waals surface area contributed by atoms with Gasteiger partial charge in [-0.2, -0.15) is 0 Å². The minimum Gasteiger partial charge on any atom is -0.495 e. The summed E-state index contributed by atoms with van der Waals surface area (Å²) in [7, 11) is -0.679. The van der Waals surface area contributed by atoms with Crippen molar-refractivity contribution in [3.63, 3.8) is 0 Å². The first-order valence-electron chi connectivity index (χ1n) is 6.78. The van der Waals surface area contributed by atoms with Crippen LogP contribution in [0.1, 0.15) is 6.92 Å². The van der Waals surface area contributed by atoms with Gasteiger partial charge in [0.25, 0.3) is 0 Å². The predicted molar refractivity (Wildman–Crippen MR) is 89.7 cm³/mol. The highest BCUT2D eigenvalue weighted by molar-refractivity contribution is 7.92. The molecule has 0 aliphatic carbocycles. The fraction of sp³-hybridized carbons (Fsp3) is 0.500. The van der Waals surface area contributed by atoms with E-state index in [1.165, 1.54) is 26.4 Å². The number of amides is 1. The van der Waals surface area contributed by atoms with Crippen molar-refractivity contribution in [2.24, 2.45) is 0 Å². The smallest absolute Gasteiger partial charge is 0.241 e. The molecule has 0 unspecified atom stereocenters. The van der Waals surface area contributed by atoms with Gasteiger partial charge < -0.3 is 14.8 Å². The Labute approximate surface area is 141 Å². The van der Waals surface area contributed by atoms with E-state index in [0.717, 1.165) is 10.6 Å². The Morgan fingerprint density at radius 2 is 2.04 bits per heavy atom. The molecule has 0 aromatic heterocycles. The second-order valence-corrected chi connectivity index (χ2v) is 7.33. The van der Waals surface area contributed by atoms with Crippen molar-refractivity contribution < 1.29 is 22.7 Å². The number of ether oxygens (including phenoxy) is 2. The van der Waals surface area contributed by atoms with Gasteiger partial charge in [-0.1, -0.05) is 11.6 Å². The molecule has 0 saturated carbocycles. The number of carbonyl (C=O) groups is 1. The zero-order valence-corrected chi connectivity index (χ0v) is 15.1. The van der Waals surface area contributed by atoms with Gasteiger partial charge in [0.2, 0.25) is 15.9 Å². The molecule has 0 radical (unpaired) electrons. The highest BCUT2D eigenvalue weighted by Gasteiger charge is 2.22. The number of nitrogens with zero attached hydrogens (tertiary/aromatic N) is 1. The average Bonchev–Trinajstić information content (AvgIpc) is 2.43. The molecule has 1 aromatic carbocycles. The quantitative estimate of drug-likeness (QED) is 0.750. The Morgan fingerprint density at radius 1 is 1.39 bits per heavy atom. The van der Waals surface area contributed by atoms with Gasteiger partial charge in [0.05, 0.1) is 30.7 Å². The van der Waals surface area contributed by atoms with Gasteiger partial charge >= 0.3 is 0 Å². The topological polar surface area (TPSA) is 84.9 Å². The van der Waals surface area contributed by atoms with Crippen molar-refractivity contribution in [3.8, 4) is 5.75 Å². The van der Waals surface area contributed by atoms with Crippen LogP contribution in [0.25, 0.3) is 0 Å². The fourth-order valence-electron chi connectivity index (χ4n) is 1.95. The lowest BCUT2D eigenvalue weighted by atomic mass is 10.3. The lowest BCUT2D eigenvalue weighted by molar-refractivity contribution is -0.120. The number of rotatable bonds is 8. The van der Waals surface area contributed by atoms with E-state index in [2.05, 4.69) is 5.32 Å². The van der Waals surface area contributed by atoms with E-state index in [-0.39, 0.29) is 23.3 Å². The first kappa shape index (κ1) is 19.5. The Kier molecular flexibility index (Phi) is 7.11. The van der Waals surface area contributed by atoms with Crippen molar-refractivity contribution >= 4 is 33.2 Å². The summed E-state index contributed by atoms with van der Waals surface area (Å²) in [6, 6.07) is 4.28. The molecular weight excluding hydrogens is 344 g/mol. The lowest BCUT2D eigenvalue weighted by Gasteiger charge is -2.23. The highest BCUT2D eigenvalue weighted by atomic mass is 35.5. The molecule has 0 fully saturated rings. The number of nitrogens with one attached hydrogen (secondary N) is 1. The number of carbonyl (C=O) groups excluding carboxylic acids is 1. The maximum atomic E-state index is 12.0. The van der Waals surface area contributed by atoms with E-state index in [4.69, 9.17) is 21.1 Å². The number of hydrogen-bond donors (Lipinski definition) is 1. The van der Waals surface area contributed by atoms with Crippen molar-refractivity contribution in [1.29, 1.82) is 0 Å². The first-order valence-corrected chi connectivity index (χ1v) is 9.01. The summed E-state index contributed by atoms with van der Waals surface area (Å²) in [5.74, 6) is -0.0195. The van der Waals surface area contributed by atoms with Crippen molar-refractivity contribution in [3.05, 3.63) is 23.2 Å². The molecule has 0 aliphatic heterocycles. The van der Waals surface area contributed by atoms with Crippen LogP contribution in [0.3, 0.4) is 0 Å². The van der Waals surface area contributed by atoms with E-state index in [1.54, 1.807) is 13.0 Å². The Bertz CT molecular complexity index is 651. The molecule has 7 nitrogen and oxygen atoms in total. The third-order valence-electron chi connectivity index (χ3n) is 2.93. The fourth-order valence-corrected chi connectivity index (χ4v) is 3.05. The average molecular weight is 365 g/mol. The second kappa shape index (κ2) is 8.37. The Balaban J connectivity index is 2.98. The van der Waals surface area contributed by atoms with Crippen LogP contribution in [0.15, 0.2) is 18.2 Å². The minimum atomic E-state index is -3.66. The van der Waals surface area contributed by atoms with Gasteiger partial charge in [0.15, 0.2) is 0 Å². The van der Waals surface area contributed by atoms with Crippen LogP contribution < -0.4 is 14.4 Å².